The number of hydrogen-bond donors (Lipinski definition) is 2. The van der Waals surface area contributed by atoms with Crippen molar-refractivity contribution in [3.8, 4) is 0 Å². The van der Waals surface area contributed by atoms with Crippen LogP contribution in [-0.4, -0.2) is 44.2 Å². The van der Waals surface area contributed by atoms with E-state index in [1.807, 2.05) is 0 Å². The zero-order valence-electron chi connectivity index (χ0n) is 16.0. The van der Waals surface area contributed by atoms with Crippen LogP contribution >= 0.6 is 11.6 Å². The van der Waals surface area contributed by atoms with Gasteiger partial charge in [0, 0.05) is 18.1 Å². The number of hydrogen-bond acceptors (Lipinski definition) is 4. The van der Waals surface area contributed by atoms with Gasteiger partial charge < -0.3 is 10.6 Å². The van der Waals surface area contributed by atoms with Gasteiger partial charge in [0.1, 0.15) is 5.82 Å². The summed E-state index contributed by atoms with van der Waals surface area (Å²) < 4.78 is 40.5. The molecule has 2 aromatic rings. The lowest BCUT2D eigenvalue weighted by Crippen LogP contribution is -2.46. The fourth-order valence-corrected chi connectivity index (χ4v) is 4.85. The zero-order valence-corrected chi connectivity index (χ0v) is 17.5. The second-order valence-corrected chi connectivity index (χ2v) is 9.28. The van der Waals surface area contributed by atoms with Gasteiger partial charge in [-0.3, -0.25) is 9.59 Å². The van der Waals surface area contributed by atoms with E-state index in [4.69, 9.17) is 11.6 Å². The number of amides is 2. The first-order chi connectivity index (χ1) is 14.3. The molecule has 1 unspecified atom stereocenters. The largest absolute Gasteiger partial charge is 0.347 e. The van der Waals surface area contributed by atoms with E-state index in [1.54, 1.807) is 6.07 Å². The minimum absolute atomic E-state index is 0.0196. The Morgan fingerprint density at radius 3 is 2.53 bits per heavy atom. The molecule has 10 heteroatoms. The highest BCUT2D eigenvalue weighted by Crippen LogP contribution is 2.25. The minimum atomic E-state index is -3.75. The van der Waals surface area contributed by atoms with E-state index in [0.717, 1.165) is 0 Å². The van der Waals surface area contributed by atoms with E-state index in [0.29, 0.717) is 24.4 Å². The quantitative estimate of drug-likeness (QED) is 0.702. The Morgan fingerprint density at radius 2 is 1.83 bits per heavy atom. The Labute approximate surface area is 179 Å². The zero-order chi connectivity index (χ0) is 21.7. The highest BCUT2D eigenvalue weighted by molar-refractivity contribution is 7.89. The van der Waals surface area contributed by atoms with Gasteiger partial charge in [0.15, 0.2) is 0 Å². The molecule has 0 spiro atoms. The SMILES string of the molecule is O=C(CNC(=O)C1CCCN(S(=O)(=O)c2ccc(Cl)cc2)C1)Nc1ccccc1F. The van der Waals surface area contributed by atoms with Crippen molar-refractivity contribution in [2.45, 2.75) is 17.7 Å². The molecule has 30 heavy (non-hydrogen) atoms. The molecule has 160 valence electrons. The van der Waals surface area contributed by atoms with Crippen LogP contribution in [0.15, 0.2) is 53.4 Å². The second-order valence-electron chi connectivity index (χ2n) is 6.90. The van der Waals surface area contributed by atoms with Crippen LogP contribution in [0.1, 0.15) is 12.8 Å². The van der Waals surface area contributed by atoms with Gasteiger partial charge >= 0.3 is 0 Å². The number of para-hydroxylation sites is 1. The maximum absolute atomic E-state index is 13.6. The van der Waals surface area contributed by atoms with Crippen LogP contribution in [0.25, 0.3) is 0 Å². The Bertz CT molecular complexity index is 1030. The van der Waals surface area contributed by atoms with Crippen molar-refractivity contribution in [3.63, 3.8) is 0 Å². The molecule has 1 aliphatic rings. The van der Waals surface area contributed by atoms with E-state index in [9.17, 15) is 22.4 Å². The maximum Gasteiger partial charge on any atom is 0.243 e. The number of nitrogens with zero attached hydrogens (tertiary/aromatic N) is 1. The van der Waals surface area contributed by atoms with Gasteiger partial charge in [-0.15, -0.1) is 0 Å². The fraction of sp³-hybridized carbons (Fsp3) is 0.300. The first-order valence-electron chi connectivity index (χ1n) is 9.35. The standard InChI is InChI=1S/C20H21ClFN3O4S/c21-15-7-9-16(10-8-15)30(28,29)25-11-3-4-14(13-25)20(27)23-12-19(26)24-18-6-2-1-5-17(18)22/h1-2,5-10,14H,3-4,11-13H2,(H,23,27)(H,24,26). The number of anilines is 1. The van der Waals surface area contributed by atoms with Crippen molar-refractivity contribution < 1.29 is 22.4 Å². The van der Waals surface area contributed by atoms with Crippen molar-refractivity contribution in [2.24, 2.45) is 5.92 Å². The number of carbonyl (C=O) groups is 2. The summed E-state index contributed by atoms with van der Waals surface area (Å²) in [6.45, 7) is -0.0121. The van der Waals surface area contributed by atoms with Gasteiger partial charge in [0.05, 0.1) is 23.0 Å². The van der Waals surface area contributed by atoms with Crippen molar-refractivity contribution in [2.75, 3.05) is 25.0 Å². The molecule has 1 aliphatic heterocycles. The Morgan fingerprint density at radius 1 is 1.13 bits per heavy atom. The Hall–Kier alpha value is -2.49. The third-order valence-corrected chi connectivity index (χ3v) is 6.91. The van der Waals surface area contributed by atoms with Crippen molar-refractivity contribution >= 4 is 39.1 Å². The molecule has 1 atom stereocenters. The monoisotopic (exact) mass is 453 g/mol. The highest BCUT2D eigenvalue weighted by Gasteiger charge is 2.33. The maximum atomic E-state index is 13.6. The van der Waals surface area contributed by atoms with Gasteiger partial charge in [0.25, 0.3) is 0 Å². The molecule has 0 saturated carbocycles. The number of halogens is 2. The van der Waals surface area contributed by atoms with E-state index >= 15 is 0 Å². The van der Waals surface area contributed by atoms with Crippen LogP contribution in [0.5, 0.6) is 0 Å². The van der Waals surface area contributed by atoms with Crippen LogP contribution in [0.3, 0.4) is 0 Å². The summed E-state index contributed by atoms with van der Waals surface area (Å²) in [5.41, 5.74) is 0.0228. The van der Waals surface area contributed by atoms with Crippen LogP contribution in [0.2, 0.25) is 5.02 Å². The molecule has 1 heterocycles. The molecule has 2 amide bonds. The van der Waals surface area contributed by atoms with Crippen LogP contribution in [-0.2, 0) is 19.6 Å². The van der Waals surface area contributed by atoms with Crippen LogP contribution < -0.4 is 10.6 Å². The summed E-state index contributed by atoms with van der Waals surface area (Å²) in [5.74, 6) is -2.15. The van der Waals surface area contributed by atoms with Crippen molar-refractivity contribution in [1.29, 1.82) is 0 Å². The lowest BCUT2D eigenvalue weighted by molar-refractivity contribution is -0.128. The van der Waals surface area contributed by atoms with Crippen molar-refractivity contribution in [1.82, 2.24) is 9.62 Å². The highest BCUT2D eigenvalue weighted by atomic mass is 35.5. The molecule has 0 radical (unpaired) electrons. The third-order valence-electron chi connectivity index (χ3n) is 4.78. The van der Waals surface area contributed by atoms with Gasteiger partial charge in [0.2, 0.25) is 21.8 Å². The molecule has 0 aromatic heterocycles. The first-order valence-corrected chi connectivity index (χ1v) is 11.2. The van der Waals surface area contributed by atoms with E-state index in [-0.39, 0.29) is 23.7 Å². The molecule has 0 bridgehead atoms. The first kappa shape index (κ1) is 22.2. The number of nitrogens with one attached hydrogen (secondary N) is 2. The minimum Gasteiger partial charge on any atom is -0.347 e. The molecule has 3 rings (SSSR count). The number of rotatable bonds is 6. The Kier molecular flexibility index (Phi) is 7.06. The summed E-state index contributed by atoms with van der Waals surface area (Å²) in [5, 5.41) is 5.31. The normalized spacial score (nSPS) is 17.3. The number of sulfonamides is 1. The van der Waals surface area contributed by atoms with E-state index in [2.05, 4.69) is 10.6 Å². The topological polar surface area (TPSA) is 95.6 Å². The van der Waals surface area contributed by atoms with Crippen molar-refractivity contribution in [3.05, 3.63) is 59.4 Å². The average Bonchev–Trinajstić information content (AvgIpc) is 2.74. The summed E-state index contributed by atoms with van der Waals surface area (Å²) in [6, 6.07) is 11.5. The predicted octanol–water partition coefficient (Wildman–Crippen LogP) is 2.63. The van der Waals surface area contributed by atoms with Gasteiger partial charge in [-0.05, 0) is 49.2 Å². The number of carbonyl (C=O) groups excluding carboxylic acids is 2. The lowest BCUT2D eigenvalue weighted by atomic mass is 9.99. The number of benzene rings is 2. The molecule has 2 N–H and O–H groups in total. The molecule has 7 nitrogen and oxygen atoms in total. The summed E-state index contributed by atoms with van der Waals surface area (Å²) in [7, 11) is -3.75. The second kappa shape index (κ2) is 9.55. The molecule has 0 aliphatic carbocycles. The fourth-order valence-electron chi connectivity index (χ4n) is 3.20. The lowest BCUT2D eigenvalue weighted by Gasteiger charge is -2.31. The molecule has 1 saturated heterocycles. The van der Waals surface area contributed by atoms with Crippen LogP contribution in [0, 0.1) is 11.7 Å². The summed E-state index contributed by atoms with van der Waals surface area (Å²) >= 11 is 5.82. The summed E-state index contributed by atoms with van der Waals surface area (Å²) in [6.07, 6.45) is 1.03. The van der Waals surface area contributed by atoms with Gasteiger partial charge in [-0.2, -0.15) is 4.31 Å². The number of piperidine rings is 1. The molecular weight excluding hydrogens is 433 g/mol. The van der Waals surface area contributed by atoms with Gasteiger partial charge in [-0.25, -0.2) is 12.8 Å². The smallest absolute Gasteiger partial charge is 0.243 e. The average molecular weight is 454 g/mol. The summed E-state index contributed by atoms with van der Waals surface area (Å²) in [4.78, 5) is 24.6. The van der Waals surface area contributed by atoms with Crippen LogP contribution in [0.4, 0.5) is 10.1 Å². The molecular formula is C20H21ClFN3O4S. The molecule has 1 fully saturated rings. The van der Waals surface area contributed by atoms with E-state index < -0.39 is 33.6 Å². The Balaban J connectivity index is 1.57. The van der Waals surface area contributed by atoms with E-state index in [1.165, 1.54) is 46.8 Å². The predicted molar refractivity (Wildman–Crippen MR) is 111 cm³/mol. The van der Waals surface area contributed by atoms with Gasteiger partial charge in [-0.1, -0.05) is 23.7 Å². The molecule has 2 aromatic carbocycles. The third kappa shape index (κ3) is 5.35.